The molecule has 33 heavy (non-hydrogen) atoms. The van der Waals surface area contributed by atoms with E-state index < -0.39 is 26.0 Å². The first kappa shape index (κ1) is 25.3. The van der Waals surface area contributed by atoms with Gasteiger partial charge in [0.15, 0.2) is 0 Å². The van der Waals surface area contributed by atoms with Gasteiger partial charge >= 0.3 is 0 Å². The van der Waals surface area contributed by atoms with Crippen LogP contribution in [0.1, 0.15) is 37.4 Å². The summed E-state index contributed by atoms with van der Waals surface area (Å²) in [6, 6.07) is 9.70. The molecule has 1 aliphatic heterocycles. The van der Waals surface area contributed by atoms with E-state index in [9.17, 15) is 26.0 Å². The molecule has 180 valence electrons. The fourth-order valence-corrected chi connectivity index (χ4v) is 6.70. The summed E-state index contributed by atoms with van der Waals surface area (Å²) in [6.45, 7) is 6.85. The number of nitrogens with one attached hydrogen (secondary N) is 1. The zero-order chi connectivity index (χ0) is 24.4. The van der Waals surface area contributed by atoms with E-state index in [1.54, 1.807) is 19.1 Å². The number of nitrogens with zero attached hydrogens (tertiary/aromatic N) is 2. The van der Waals surface area contributed by atoms with Crippen LogP contribution in [-0.4, -0.2) is 53.0 Å². The highest BCUT2D eigenvalue weighted by molar-refractivity contribution is 7.94. The van der Waals surface area contributed by atoms with Crippen molar-refractivity contribution in [3.8, 4) is 0 Å². The van der Waals surface area contributed by atoms with Gasteiger partial charge in [-0.15, -0.1) is 0 Å². The molecule has 1 N–H and O–H groups in total. The fourth-order valence-electron chi connectivity index (χ4n) is 3.95. The van der Waals surface area contributed by atoms with Gasteiger partial charge in [-0.25, -0.2) is 30.3 Å². The van der Waals surface area contributed by atoms with Gasteiger partial charge in [0.2, 0.25) is 26.0 Å². The Morgan fingerprint density at radius 1 is 1.12 bits per heavy atom. The van der Waals surface area contributed by atoms with E-state index in [-0.39, 0.29) is 41.2 Å². The van der Waals surface area contributed by atoms with Crippen LogP contribution >= 0.6 is 0 Å². The maximum atomic E-state index is 13.4. The maximum absolute atomic E-state index is 13.4. The molecule has 1 atom stereocenters. The van der Waals surface area contributed by atoms with Crippen LogP contribution in [0.4, 0.5) is 10.1 Å². The molecule has 2 aromatic rings. The van der Waals surface area contributed by atoms with E-state index in [4.69, 9.17) is 0 Å². The summed E-state index contributed by atoms with van der Waals surface area (Å²) in [6.07, 6.45) is -0.139. The average molecular weight is 498 g/mol. The zero-order valence-electron chi connectivity index (χ0n) is 18.8. The van der Waals surface area contributed by atoms with Crippen LogP contribution in [0.25, 0.3) is 0 Å². The van der Waals surface area contributed by atoms with Gasteiger partial charge in [0, 0.05) is 19.0 Å². The minimum atomic E-state index is -4.04. The van der Waals surface area contributed by atoms with Gasteiger partial charge in [-0.3, -0.25) is 9.69 Å². The minimum Gasteiger partial charge on any atom is -0.296 e. The molecule has 0 radical (unpaired) electrons. The first-order chi connectivity index (χ1) is 15.5. The molecule has 1 saturated heterocycles. The third-order valence-corrected chi connectivity index (χ3v) is 9.01. The molecule has 0 bridgehead atoms. The Balaban J connectivity index is 1.91. The van der Waals surface area contributed by atoms with Crippen LogP contribution in [-0.2, 0) is 24.8 Å². The molecule has 3 rings (SSSR count). The molecule has 1 aliphatic rings. The minimum absolute atomic E-state index is 0.00213. The van der Waals surface area contributed by atoms with Crippen LogP contribution in [0.3, 0.4) is 0 Å². The number of sulfonamides is 2. The summed E-state index contributed by atoms with van der Waals surface area (Å²) in [7, 11) is -7.86. The quantitative estimate of drug-likeness (QED) is 0.571. The summed E-state index contributed by atoms with van der Waals surface area (Å²) in [5.74, 6) is -1.27. The maximum Gasteiger partial charge on any atom is 0.242 e. The molecule has 0 aliphatic carbocycles. The largest absolute Gasteiger partial charge is 0.296 e. The van der Waals surface area contributed by atoms with E-state index in [0.717, 1.165) is 5.56 Å². The van der Waals surface area contributed by atoms with Gasteiger partial charge in [-0.1, -0.05) is 32.0 Å². The molecule has 1 unspecified atom stereocenters. The lowest BCUT2D eigenvalue weighted by molar-refractivity contribution is -0.116. The Kier molecular flexibility index (Phi) is 7.57. The second-order valence-electron chi connectivity index (χ2n) is 7.81. The number of benzene rings is 2. The van der Waals surface area contributed by atoms with Gasteiger partial charge in [0.1, 0.15) is 5.82 Å². The smallest absolute Gasteiger partial charge is 0.242 e. The number of hydrogen-bond acceptors (Lipinski definition) is 6. The number of carbonyl (C=O) groups excluding carboxylic acids is 1. The molecule has 1 amide bonds. The number of anilines is 1. The molecule has 11 heteroatoms. The molecular formula is C22H28FN3O5S2. The first-order valence-corrected chi connectivity index (χ1v) is 13.7. The Morgan fingerprint density at radius 3 is 2.30 bits per heavy atom. The number of aryl methyl sites for hydroxylation is 1. The predicted octanol–water partition coefficient (Wildman–Crippen LogP) is 2.56. The van der Waals surface area contributed by atoms with E-state index >= 15 is 0 Å². The molecule has 0 aromatic heterocycles. The standard InChI is InChI=1S/C22H28FN3O5S2/c1-4-25(5-2)20(17-7-9-18(23)10-8-17)15-24-33(30,31)21-14-19(11-6-16(21)3)26-22(27)12-13-32(26,28)29/h6-11,14,20,24H,4-5,12-13,15H2,1-3H3. The zero-order valence-corrected chi connectivity index (χ0v) is 20.4. The van der Waals surface area contributed by atoms with Crippen molar-refractivity contribution in [3.05, 3.63) is 59.4 Å². The predicted molar refractivity (Wildman–Crippen MR) is 124 cm³/mol. The van der Waals surface area contributed by atoms with Crippen molar-refractivity contribution in [2.75, 3.05) is 29.7 Å². The van der Waals surface area contributed by atoms with Gasteiger partial charge in [-0.2, -0.15) is 0 Å². The number of likely N-dealkylation sites (N-methyl/N-ethyl adjacent to an activating group) is 1. The Morgan fingerprint density at radius 2 is 1.76 bits per heavy atom. The fraction of sp³-hybridized carbons (Fsp3) is 0.409. The number of rotatable bonds is 9. The van der Waals surface area contributed by atoms with E-state index in [1.807, 2.05) is 13.8 Å². The van der Waals surface area contributed by atoms with Crippen LogP contribution in [0.5, 0.6) is 0 Å². The highest BCUT2D eigenvalue weighted by Gasteiger charge is 2.37. The van der Waals surface area contributed by atoms with Crippen LogP contribution in [0.15, 0.2) is 47.4 Å². The third kappa shape index (κ3) is 5.43. The number of hydrogen-bond donors (Lipinski definition) is 1. The second kappa shape index (κ2) is 9.88. The van der Waals surface area contributed by atoms with Crippen molar-refractivity contribution < 1.29 is 26.0 Å². The molecule has 8 nitrogen and oxygen atoms in total. The highest BCUT2D eigenvalue weighted by atomic mass is 32.2. The summed E-state index contributed by atoms with van der Waals surface area (Å²) >= 11 is 0. The lowest BCUT2D eigenvalue weighted by Gasteiger charge is -2.30. The molecular weight excluding hydrogens is 469 g/mol. The van der Waals surface area contributed by atoms with E-state index in [1.165, 1.54) is 30.3 Å². The summed E-state index contributed by atoms with van der Waals surface area (Å²) in [4.78, 5) is 14.1. The lowest BCUT2D eigenvalue weighted by atomic mass is 10.1. The van der Waals surface area contributed by atoms with Gasteiger partial charge in [0.25, 0.3) is 0 Å². The van der Waals surface area contributed by atoms with Gasteiger partial charge < -0.3 is 0 Å². The van der Waals surface area contributed by atoms with Crippen LogP contribution in [0, 0.1) is 12.7 Å². The van der Waals surface area contributed by atoms with Gasteiger partial charge in [-0.05, 0) is 55.4 Å². The van der Waals surface area contributed by atoms with Crippen molar-refractivity contribution >= 4 is 31.6 Å². The molecule has 1 fully saturated rings. The Bertz CT molecular complexity index is 1230. The summed E-state index contributed by atoms with van der Waals surface area (Å²) in [5.41, 5.74) is 1.18. The highest BCUT2D eigenvalue weighted by Crippen LogP contribution is 2.29. The monoisotopic (exact) mass is 497 g/mol. The summed E-state index contributed by atoms with van der Waals surface area (Å²) in [5, 5.41) is 0. The van der Waals surface area contributed by atoms with Crippen molar-refractivity contribution in [1.29, 1.82) is 0 Å². The van der Waals surface area contributed by atoms with Crippen molar-refractivity contribution in [2.45, 2.75) is 38.1 Å². The van der Waals surface area contributed by atoms with Crippen LogP contribution < -0.4 is 9.03 Å². The SMILES string of the molecule is CCN(CC)C(CNS(=O)(=O)c1cc(N2C(=O)CCS2(=O)=O)ccc1C)c1ccc(F)cc1. The average Bonchev–Trinajstić information content (AvgIpc) is 3.04. The Labute approximate surface area is 194 Å². The first-order valence-electron chi connectivity index (χ1n) is 10.7. The molecule has 2 aromatic carbocycles. The molecule has 0 saturated carbocycles. The lowest BCUT2D eigenvalue weighted by Crippen LogP contribution is -2.38. The Hall–Kier alpha value is -2.34. The summed E-state index contributed by atoms with van der Waals surface area (Å²) < 4.78 is 67.6. The number of halogens is 1. The van der Waals surface area contributed by atoms with Crippen molar-refractivity contribution in [3.63, 3.8) is 0 Å². The van der Waals surface area contributed by atoms with Crippen molar-refractivity contribution in [2.24, 2.45) is 0 Å². The van der Waals surface area contributed by atoms with E-state index in [0.29, 0.717) is 23.0 Å². The van der Waals surface area contributed by atoms with Crippen molar-refractivity contribution in [1.82, 2.24) is 9.62 Å². The second-order valence-corrected chi connectivity index (χ2v) is 11.5. The van der Waals surface area contributed by atoms with E-state index in [2.05, 4.69) is 9.62 Å². The third-order valence-electron chi connectivity index (χ3n) is 5.75. The number of carbonyl (C=O) groups is 1. The van der Waals surface area contributed by atoms with Gasteiger partial charge in [0.05, 0.1) is 16.3 Å². The normalized spacial score (nSPS) is 17.0. The molecule has 0 spiro atoms. The number of amides is 1. The molecule has 1 heterocycles. The topological polar surface area (TPSA) is 104 Å². The van der Waals surface area contributed by atoms with Crippen LogP contribution in [0.2, 0.25) is 0 Å².